The number of aldehydes is 1. The summed E-state index contributed by atoms with van der Waals surface area (Å²) in [4.78, 5) is 9.43. The zero-order valence-electron chi connectivity index (χ0n) is 3.33. The highest BCUT2D eigenvalue weighted by molar-refractivity contribution is 6.92. The molecule has 0 rings (SSSR count). The van der Waals surface area contributed by atoms with Gasteiger partial charge in [0, 0.05) is 0 Å². The van der Waals surface area contributed by atoms with E-state index in [0.29, 0.717) is 0 Å². The normalized spacial score (nSPS) is 9.57. The number of rotatable bonds is 0. The van der Waals surface area contributed by atoms with Crippen LogP contribution in [0, 0.1) is 0 Å². The predicted octanol–water partition coefficient (Wildman–Crippen LogP) is 1.61. The Labute approximate surface area is 59.9 Å². The molecule has 0 bridgehead atoms. The molecule has 7 heavy (non-hydrogen) atoms. The van der Waals surface area contributed by atoms with Gasteiger partial charge in [-0.1, -0.05) is 34.8 Å². The van der Waals surface area contributed by atoms with Crippen LogP contribution < -0.4 is 0 Å². The van der Waals surface area contributed by atoms with E-state index in [0.717, 1.165) is 0 Å². The van der Waals surface area contributed by atoms with Crippen molar-refractivity contribution in [3.05, 3.63) is 0 Å². The average Bonchev–Trinajstić information content (AvgIpc) is 1.35. The first-order valence-corrected chi connectivity index (χ1v) is 2.23. The molecule has 0 aromatic heterocycles. The molecule has 1 nitrogen and oxygen atoms in total. The lowest BCUT2D eigenvalue weighted by atomic mass is 10.9. The highest BCUT2D eigenvalue weighted by Crippen LogP contribution is 2.21. The van der Waals surface area contributed by atoms with Crippen LogP contribution in [-0.2, 0) is 4.79 Å². The van der Waals surface area contributed by atoms with Crippen LogP contribution >= 0.6 is 44.7 Å². The summed E-state index contributed by atoms with van der Waals surface area (Å²) in [5.41, 5.74) is 0. The van der Waals surface area contributed by atoms with E-state index in [1.54, 1.807) is 0 Å². The summed E-state index contributed by atoms with van der Waals surface area (Å²) in [7, 11) is 0. The molecule has 0 aliphatic heterocycles. The lowest BCUT2D eigenvalue weighted by molar-refractivity contribution is -0.107. The van der Waals surface area contributed by atoms with Crippen molar-refractivity contribution >= 4 is 51.0 Å². The second-order valence-corrected chi connectivity index (χ2v) is 3.03. The molecule has 1 atom stereocenters. The third-order valence-corrected chi connectivity index (χ3v) is 0.401. The van der Waals surface area contributed by atoms with Crippen molar-refractivity contribution in [3.8, 4) is 0 Å². The first-order valence-electron chi connectivity index (χ1n) is 1.09. The number of carbonyl (C=O) groups is 1. The molecule has 5 heteroatoms. The van der Waals surface area contributed by atoms with E-state index >= 15 is 0 Å². The Morgan fingerprint density at radius 3 is 1.43 bits per heavy atom. The molecule has 0 aliphatic rings. The molecule has 0 aliphatic carbocycles. The Hall–Kier alpha value is 0.970. The molecule has 0 fully saturated rings. The molecule has 0 saturated heterocycles. The molecular weight excluding hydrogens is 177 g/mol. The Bertz CT molecular complexity index is 58.4. The largest absolute Gasteiger partial charge is 0.299 e. The highest BCUT2D eigenvalue weighted by atomic mass is 35.6. The van der Waals surface area contributed by atoms with Crippen LogP contribution in [0.25, 0.3) is 0 Å². The minimum Gasteiger partial charge on any atom is -0.299 e. The standard InChI is InChI=1S/C2HCl3O.H3P/c3-2(4,5)1-6;/h1H;1H3. The Kier molecular flexibility index (Phi) is 6.07. The molecule has 0 amide bonds. The second kappa shape index (κ2) is 3.91. The van der Waals surface area contributed by atoms with Crippen molar-refractivity contribution in [2.45, 2.75) is 3.79 Å². The first kappa shape index (κ1) is 10.9. The van der Waals surface area contributed by atoms with Gasteiger partial charge in [0.2, 0.25) is 3.79 Å². The van der Waals surface area contributed by atoms with Crippen molar-refractivity contribution in [1.82, 2.24) is 0 Å². The van der Waals surface area contributed by atoms with Gasteiger partial charge in [0.1, 0.15) is 0 Å². The Morgan fingerprint density at radius 2 is 1.43 bits per heavy atom. The molecule has 0 aromatic carbocycles. The Morgan fingerprint density at radius 1 is 1.29 bits per heavy atom. The third kappa shape index (κ3) is 10.9. The molecule has 1 unspecified atom stereocenters. The predicted molar refractivity (Wildman–Crippen MR) is 37.5 cm³/mol. The molecule has 0 aromatic rings. The quantitative estimate of drug-likeness (QED) is 0.315. The summed E-state index contributed by atoms with van der Waals surface area (Å²) in [5, 5.41) is 0. The molecular formula is C2H4Cl3OP. The third-order valence-electron chi connectivity index (χ3n) is 0.134. The van der Waals surface area contributed by atoms with Crippen LogP contribution in [0.15, 0.2) is 0 Å². The molecule has 0 saturated carbocycles. The monoisotopic (exact) mass is 180 g/mol. The number of hydrogen-bond donors (Lipinski definition) is 0. The van der Waals surface area contributed by atoms with Gasteiger partial charge in [-0.3, -0.25) is 4.79 Å². The molecule has 0 radical (unpaired) electrons. The van der Waals surface area contributed by atoms with Gasteiger partial charge in [-0.25, -0.2) is 0 Å². The van der Waals surface area contributed by atoms with Crippen LogP contribution in [0.3, 0.4) is 0 Å². The smallest absolute Gasteiger partial charge is 0.245 e. The molecule has 44 valence electrons. The highest BCUT2D eigenvalue weighted by Gasteiger charge is 2.16. The zero-order chi connectivity index (χ0) is 5.21. The number of carbonyl (C=O) groups excluding carboxylic acids is 1. The van der Waals surface area contributed by atoms with Crippen molar-refractivity contribution in [3.63, 3.8) is 0 Å². The van der Waals surface area contributed by atoms with E-state index < -0.39 is 3.79 Å². The lowest BCUT2D eigenvalue weighted by Crippen LogP contribution is -2.00. The van der Waals surface area contributed by atoms with E-state index in [9.17, 15) is 4.79 Å². The van der Waals surface area contributed by atoms with Crippen molar-refractivity contribution in [1.29, 1.82) is 0 Å². The first-order chi connectivity index (χ1) is 2.56. The maximum atomic E-state index is 9.43. The van der Waals surface area contributed by atoms with E-state index in [2.05, 4.69) is 0 Å². The topological polar surface area (TPSA) is 17.1 Å². The fourth-order valence-electron chi connectivity index (χ4n) is 0. The summed E-state index contributed by atoms with van der Waals surface area (Å²) < 4.78 is -1.72. The van der Waals surface area contributed by atoms with Crippen LogP contribution in [0.1, 0.15) is 0 Å². The molecule has 0 heterocycles. The van der Waals surface area contributed by atoms with Gasteiger partial charge in [0.25, 0.3) is 0 Å². The van der Waals surface area contributed by atoms with Gasteiger partial charge >= 0.3 is 0 Å². The van der Waals surface area contributed by atoms with Gasteiger partial charge < -0.3 is 0 Å². The van der Waals surface area contributed by atoms with Gasteiger partial charge in [0.15, 0.2) is 6.29 Å². The van der Waals surface area contributed by atoms with E-state index in [4.69, 9.17) is 34.8 Å². The minimum atomic E-state index is -1.72. The van der Waals surface area contributed by atoms with Crippen molar-refractivity contribution < 1.29 is 4.79 Å². The summed E-state index contributed by atoms with van der Waals surface area (Å²) in [5.74, 6) is 0. The minimum absolute atomic E-state index is 0. The summed E-state index contributed by atoms with van der Waals surface area (Å²) in [6.45, 7) is 0. The molecule has 0 spiro atoms. The van der Waals surface area contributed by atoms with Crippen LogP contribution in [0.2, 0.25) is 0 Å². The average molecular weight is 181 g/mol. The van der Waals surface area contributed by atoms with Crippen LogP contribution in [-0.4, -0.2) is 10.1 Å². The van der Waals surface area contributed by atoms with E-state index in [-0.39, 0.29) is 16.2 Å². The fraction of sp³-hybridized carbons (Fsp3) is 0.500. The Balaban J connectivity index is 0. The maximum Gasteiger partial charge on any atom is 0.245 e. The lowest BCUT2D eigenvalue weighted by Gasteiger charge is -1.93. The number of alkyl halides is 3. The van der Waals surface area contributed by atoms with Gasteiger partial charge in [-0.05, 0) is 0 Å². The number of halogens is 3. The van der Waals surface area contributed by atoms with Crippen LogP contribution in [0.4, 0.5) is 0 Å². The van der Waals surface area contributed by atoms with E-state index in [1.807, 2.05) is 0 Å². The molecule has 0 N–H and O–H groups in total. The SMILES string of the molecule is O=CC(Cl)(Cl)Cl.P. The van der Waals surface area contributed by atoms with E-state index in [1.165, 1.54) is 0 Å². The van der Waals surface area contributed by atoms with Crippen molar-refractivity contribution in [2.75, 3.05) is 0 Å². The van der Waals surface area contributed by atoms with Gasteiger partial charge in [0.05, 0.1) is 0 Å². The second-order valence-electron chi connectivity index (χ2n) is 0.659. The summed E-state index contributed by atoms with van der Waals surface area (Å²) >= 11 is 14.6. The summed E-state index contributed by atoms with van der Waals surface area (Å²) in [6.07, 6.45) is 0.234. The fourth-order valence-corrected chi connectivity index (χ4v) is 0. The maximum absolute atomic E-state index is 9.43. The van der Waals surface area contributed by atoms with Crippen molar-refractivity contribution in [2.24, 2.45) is 0 Å². The van der Waals surface area contributed by atoms with Crippen LogP contribution in [0.5, 0.6) is 0 Å². The van der Waals surface area contributed by atoms with Gasteiger partial charge in [-0.15, -0.1) is 0 Å². The number of hydrogen-bond acceptors (Lipinski definition) is 1. The zero-order valence-corrected chi connectivity index (χ0v) is 7.01. The summed E-state index contributed by atoms with van der Waals surface area (Å²) in [6, 6.07) is 0. The van der Waals surface area contributed by atoms with Gasteiger partial charge in [-0.2, -0.15) is 9.90 Å².